The Morgan fingerprint density at radius 1 is 1.42 bits per heavy atom. The summed E-state index contributed by atoms with van der Waals surface area (Å²) in [5.74, 6) is -0.0972. The Labute approximate surface area is 154 Å². The number of pyridine rings is 1. The van der Waals surface area contributed by atoms with E-state index in [2.05, 4.69) is 44.5 Å². The van der Waals surface area contributed by atoms with Gasteiger partial charge in [0.15, 0.2) is 5.78 Å². The van der Waals surface area contributed by atoms with Crippen LogP contribution in [0.15, 0.2) is 40.0 Å². The fourth-order valence-electron chi connectivity index (χ4n) is 2.68. The number of nitrogens with zero attached hydrogens (tertiary/aromatic N) is 2. The number of rotatable bonds is 5. The number of aromatic nitrogens is 1. The average molecular weight is 365 g/mol. The molecule has 0 fully saturated rings. The second-order valence-electron chi connectivity index (χ2n) is 6.96. The van der Waals surface area contributed by atoms with Crippen LogP contribution in [-0.4, -0.2) is 22.2 Å². The van der Waals surface area contributed by atoms with Crippen LogP contribution in [0.4, 0.5) is 0 Å². The van der Waals surface area contributed by atoms with Crippen molar-refractivity contribution in [1.82, 2.24) is 9.88 Å². The van der Waals surface area contributed by atoms with Crippen LogP contribution >= 0.6 is 23.4 Å². The number of carbonyl (C=O) groups excluding carboxylic acids is 1. The summed E-state index contributed by atoms with van der Waals surface area (Å²) in [6, 6.07) is 3.45. The molecule has 0 aromatic carbocycles. The molecule has 0 atom stereocenters. The fraction of sp³-hybridized carbons (Fsp3) is 0.474. The van der Waals surface area contributed by atoms with Crippen molar-refractivity contribution in [2.45, 2.75) is 47.5 Å². The predicted octanol–water partition coefficient (Wildman–Crippen LogP) is 5.89. The van der Waals surface area contributed by atoms with Gasteiger partial charge in [-0.2, -0.15) is 0 Å². The molecule has 0 bridgehead atoms. The number of carbonyl (C=O) groups is 1. The third kappa shape index (κ3) is 4.22. The zero-order valence-corrected chi connectivity index (χ0v) is 16.6. The van der Waals surface area contributed by atoms with Crippen molar-refractivity contribution in [1.29, 1.82) is 0 Å². The highest BCUT2D eigenvalue weighted by atomic mass is 35.5. The third-order valence-electron chi connectivity index (χ3n) is 3.90. The van der Waals surface area contributed by atoms with Gasteiger partial charge in [-0.25, -0.2) is 4.98 Å². The van der Waals surface area contributed by atoms with E-state index in [0.717, 1.165) is 24.4 Å². The zero-order valence-electron chi connectivity index (χ0n) is 15.0. The summed E-state index contributed by atoms with van der Waals surface area (Å²) in [7, 11) is 0. The molecule has 3 nitrogen and oxygen atoms in total. The van der Waals surface area contributed by atoms with Gasteiger partial charge in [0.1, 0.15) is 5.15 Å². The molecule has 0 aliphatic carbocycles. The number of allylic oxidation sites excluding steroid dienone is 3. The molecule has 2 rings (SSSR count). The van der Waals surface area contributed by atoms with E-state index in [4.69, 9.17) is 11.6 Å². The van der Waals surface area contributed by atoms with E-state index in [0.29, 0.717) is 5.56 Å². The fourth-order valence-corrected chi connectivity index (χ4v) is 4.17. The molecular formula is C19H25ClN2OS. The van der Waals surface area contributed by atoms with Crippen molar-refractivity contribution in [3.05, 3.63) is 50.8 Å². The van der Waals surface area contributed by atoms with Gasteiger partial charge in [0.2, 0.25) is 0 Å². The van der Waals surface area contributed by atoms with Gasteiger partial charge in [0.05, 0.1) is 10.6 Å². The standard InChI is InChI=1S/C19H25ClN2OS/c1-6-7-11-22-13(2)17(19(3,4)5)24-16(22)12-15(23)14-9-8-10-21-18(14)20/h8-10,12H,6-7,11H2,1-5H3. The lowest BCUT2D eigenvalue weighted by molar-refractivity contribution is 0.104. The maximum atomic E-state index is 12.6. The quantitative estimate of drug-likeness (QED) is 0.370. The molecule has 130 valence electrons. The van der Waals surface area contributed by atoms with E-state index in [1.807, 2.05) is 0 Å². The maximum absolute atomic E-state index is 12.6. The SMILES string of the molecule is CCCCN1C(=CC(=O)c2cccnc2Cl)SC(C(C)(C)C)=C1C. The second-order valence-corrected chi connectivity index (χ2v) is 8.35. The molecule has 5 heteroatoms. The highest BCUT2D eigenvalue weighted by Gasteiger charge is 2.32. The normalized spacial score (nSPS) is 17.1. The van der Waals surface area contributed by atoms with Crippen molar-refractivity contribution in [3.8, 4) is 0 Å². The number of hydrogen-bond acceptors (Lipinski definition) is 4. The first-order chi connectivity index (χ1) is 11.3. The molecule has 0 saturated carbocycles. The van der Waals surface area contributed by atoms with Crippen molar-refractivity contribution in [3.63, 3.8) is 0 Å². The average Bonchev–Trinajstić information content (AvgIpc) is 2.81. The van der Waals surface area contributed by atoms with Gasteiger partial charge in [0.25, 0.3) is 0 Å². The highest BCUT2D eigenvalue weighted by Crippen LogP contribution is 2.49. The van der Waals surface area contributed by atoms with Crippen molar-refractivity contribution in [2.75, 3.05) is 6.54 Å². The number of unbranched alkanes of at least 4 members (excludes halogenated alkanes) is 1. The zero-order chi connectivity index (χ0) is 17.9. The van der Waals surface area contributed by atoms with Crippen LogP contribution in [0, 0.1) is 5.41 Å². The number of thioether (sulfide) groups is 1. The van der Waals surface area contributed by atoms with E-state index in [1.54, 1.807) is 36.2 Å². The van der Waals surface area contributed by atoms with Crippen LogP contribution in [-0.2, 0) is 0 Å². The summed E-state index contributed by atoms with van der Waals surface area (Å²) in [4.78, 5) is 20.2. The molecule has 1 aromatic rings. The van der Waals surface area contributed by atoms with Crippen LogP contribution in [0.5, 0.6) is 0 Å². The molecule has 0 spiro atoms. The third-order valence-corrected chi connectivity index (χ3v) is 5.86. The van der Waals surface area contributed by atoms with Gasteiger partial charge in [-0.3, -0.25) is 4.79 Å². The van der Waals surface area contributed by atoms with Crippen LogP contribution in [0.25, 0.3) is 0 Å². The molecule has 1 aliphatic rings. The van der Waals surface area contributed by atoms with Gasteiger partial charge >= 0.3 is 0 Å². The van der Waals surface area contributed by atoms with E-state index >= 15 is 0 Å². The number of halogens is 1. The van der Waals surface area contributed by atoms with Crippen LogP contribution in [0.3, 0.4) is 0 Å². The smallest absolute Gasteiger partial charge is 0.191 e. The minimum Gasteiger partial charge on any atom is -0.339 e. The second kappa shape index (κ2) is 7.75. The van der Waals surface area contributed by atoms with E-state index in [9.17, 15) is 4.79 Å². The molecule has 0 saturated heterocycles. The maximum Gasteiger partial charge on any atom is 0.191 e. The molecule has 1 aromatic heterocycles. The lowest BCUT2D eigenvalue weighted by Gasteiger charge is -2.22. The van der Waals surface area contributed by atoms with Crippen LogP contribution in [0.1, 0.15) is 57.8 Å². The van der Waals surface area contributed by atoms with E-state index < -0.39 is 0 Å². The van der Waals surface area contributed by atoms with Crippen molar-refractivity contribution in [2.24, 2.45) is 5.41 Å². The van der Waals surface area contributed by atoms with Gasteiger partial charge in [-0.15, -0.1) is 0 Å². The molecule has 0 unspecified atom stereocenters. The first-order valence-electron chi connectivity index (χ1n) is 8.29. The molecule has 24 heavy (non-hydrogen) atoms. The Bertz CT molecular complexity index is 689. The number of hydrogen-bond donors (Lipinski definition) is 0. The summed E-state index contributed by atoms with van der Waals surface area (Å²) < 4.78 is 0. The minimum atomic E-state index is -0.0972. The Kier molecular flexibility index (Phi) is 6.16. The molecule has 2 heterocycles. The first-order valence-corrected chi connectivity index (χ1v) is 9.48. The summed E-state index contributed by atoms with van der Waals surface area (Å²) >= 11 is 7.76. The number of ketones is 1. The van der Waals surface area contributed by atoms with Crippen molar-refractivity contribution >= 4 is 29.1 Å². The first kappa shape index (κ1) is 19.1. The van der Waals surface area contributed by atoms with Gasteiger partial charge in [0, 0.05) is 29.4 Å². The summed E-state index contributed by atoms with van der Waals surface area (Å²) in [5, 5.41) is 1.24. The summed E-state index contributed by atoms with van der Waals surface area (Å²) in [6.07, 6.45) is 5.50. The lowest BCUT2D eigenvalue weighted by atomic mass is 9.94. The minimum absolute atomic E-state index is 0.0593. The predicted molar refractivity (Wildman–Crippen MR) is 103 cm³/mol. The molecule has 0 amide bonds. The van der Waals surface area contributed by atoms with Gasteiger partial charge < -0.3 is 4.90 Å². The summed E-state index contributed by atoms with van der Waals surface area (Å²) in [6.45, 7) is 11.9. The Balaban J connectivity index is 2.34. The molecule has 0 radical (unpaired) electrons. The lowest BCUT2D eigenvalue weighted by Crippen LogP contribution is -2.19. The van der Waals surface area contributed by atoms with Gasteiger partial charge in [-0.05, 0) is 30.9 Å². The Hall–Kier alpha value is -1.26. The monoisotopic (exact) mass is 364 g/mol. The van der Waals surface area contributed by atoms with E-state index in [-0.39, 0.29) is 16.4 Å². The Morgan fingerprint density at radius 3 is 2.71 bits per heavy atom. The molecular weight excluding hydrogens is 340 g/mol. The van der Waals surface area contributed by atoms with Crippen LogP contribution in [0.2, 0.25) is 5.15 Å². The van der Waals surface area contributed by atoms with Crippen LogP contribution < -0.4 is 0 Å². The highest BCUT2D eigenvalue weighted by molar-refractivity contribution is 8.07. The van der Waals surface area contributed by atoms with Crippen molar-refractivity contribution < 1.29 is 4.79 Å². The Morgan fingerprint density at radius 2 is 2.12 bits per heavy atom. The van der Waals surface area contributed by atoms with Gasteiger partial charge in [-0.1, -0.05) is 57.5 Å². The topological polar surface area (TPSA) is 33.2 Å². The molecule has 0 N–H and O–H groups in total. The van der Waals surface area contributed by atoms with E-state index in [1.165, 1.54) is 10.6 Å². The molecule has 1 aliphatic heterocycles. The summed E-state index contributed by atoms with van der Waals surface area (Å²) in [5.41, 5.74) is 1.76. The largest absolute Gasteiger partial charge is 0.339 e.